The van der Waals surface area contributed by atoms with Gasteiger partial charge >= 0.3 is 6.03 Å². The summed E-state index contributed by atoms with van der Waals surface area (Å²) >= 11 is 0. The SMILES string of the molecule is NS(=O)(=O)CCNC(=O)NCc1ccc(-c2ccc3ccccc3c2)cc1. The van der Waals surface area contributed by atoms with Gasteiger partial charge in [0.2, 0.25) is 10.0 Å². The van der Waals surface area contributed by atoms with E-state index in [0.717, 1.165) is 16.7 Å². The molecule has 0 aliphatic heterocycles. The lowest BCUT2D eigenvalue weighted by atomic mass is 10.0. The van der Waals surface area contributed by atoms with Crippen LogP contribution in [0.4, 0.5) is 4.79 Å². The smallest absolute Gasteiger partial charge is 0.315 e. The predicted molar refractivity (Wildman–Crippen MR) is 108 cm³/mol. The van der Waals surface area contributed by atoms with E-state index in [1.165, 1.54) is 10.8 Å². The monoisotopic (exact) mass is 383 g/mol. The maximum absolute atomic E-state index is 11.7. The number of hydrogen-bond donors (Lipinski definition) is 3. The summed E-state index contributed by atoms with van der Waals surface area (Å²) in [6.07, 6.45) is 0. The standard InChI is InChI=1S/C20H21N3O3S/c21-27(25,26)12-11-22-20(24)23-14-15-5-7-17(8-6-15)19-10-9-16-3-1-2-4-18(16)13-19/h1-10,13H,11-12,14H2,(H2,21,25,26)(H2,22,23,24). The van der Waals surface area contributed by atoms with Gasteiger partial charge in [-0.25, -0.2) is 18.4 Å². The molecule has 0 atom stereocenters. The quantitative estimate of drug-likeness (QED) is 0.610. The summed E-state index contributed by atoms with van der Waals surface area (Å²) in [6, 6.07) is 22.1. The zero-order chi connectivity index (χ0) is 19.3. The molecule has 3 aromatic carbocycles. The fourth-order valence-corrected chi connectivity index (χ4v) is 3.12. The van der Waals surface area contributed by atoms with E-state index in [2.05, 4.69) is 41.0 Å². The fourth-order valence-electron chi connectivity index (χ4n) is 2.74. The van der Waals surface area contributed by atoms with E-state index in [9.17, 15) is 13.2 Å². The maximum atomic E-state index is 11.7. The number of carbonyl (C=O) groups is 1. The molecule has 0 unspecified atom stereocenters. The van der Waals surface area contributed by atoms with Crippen LogP contribution < -0.4 is 15.8 Å². The van der Waals surface area contributed by atoms with Crippen molar-refractivity contribution in [1.29, 1.82) is 0 Å². The van der Waals surface area contributed by atoms with Crippen molar-refractivity contribution in [2.24, 2.45) is 5.14 Å². The third-order valence-corrected chi connectivity index (χ3v) is 4.94. The Hall–Kier alpha value is -2.90. The number of sulfonamides is 1. The van der Waals surface area contributed by atoms with Gasteiger partial charge in [-0.05, 0) is 33.5 Å². The van der Waals surface area contributed by atoms with Crippen molar-refractivity contribution in [3.63, 3.8) is 0 Å². The highest BCUT2D eigenvalue weighted by atomic mass is 32.2. The Bertz CT molecular complexity index is 1050. The molecule has 0 saturated carbocycles. The first-order valence-electron chi connectivity index (χ1n) is 8.51. The van der Waals surface area contributed by atoms with E-state index >= 15 is 0 Å². The third kappa shape index (κ3) is 5.54. The van der Waals surface area contributed by atoms with Crippen molar-refractivity contribution in [3.8, 4) is 11.1 Å². The average Bonchev–Trinajstić information content (AvgIpc) is 2.65. The fraction of sp³-hybridized carbons (Fsp3) is 0.150. The molecule has 0 aromatic heterocycles. The number of fused-ring (bicyclic) bond motifs is 1. The number of rotatable bonds is 6. The summed E-state index contributed by atoms with van der Waals surface area (Å²) in [7, 11) is -3.57. The van der Waals surface area contributed by atoms with Crippen molar-refractivity contribution in [3.05, 3.63) is 72.3 Å². The molecule has 0 aliphatic rings. The Morgan fingerprint density at radius 2 is 1.52 bits per heavy atom. The van der Waals surface area contributed by atoms with Crippen LogP contribution in [0.3, 0.4) is 0 Å². The molecule has 0 heterocycles. The van der Waals surface area contributed by atoms with Gasteiger partial charge in [-0.2, -0.15) is 0 Å². The van der Waals surface area contributed by atoms with Gasteiger partial charge in [0.15, 0.2) is 0 Å². The topological polar surface area (TPSA) is 101 Å². The van der Waals surface area contributed by atoms with E-state index in [4.69, 9.17) is 5.14 Å². The van der Waals surface area contributed by atoms with E-state index in [-0.39, 0.29) is 12.3 Å². The summed E-state index contributed by atoms with van der Waals surface area (Å²) in [5.41, 5.74) is 3.18. The first-order valence-corrected chi connectivity index (χ1v) is 10.2. The number of primary sulfonamides is 1. The second kappa shape index (κ2) is 8.20. The van der Waals surface area contributed by atoms with Crippen molar-refractivity contribution in [2.45, 2.75) is 6.54 Å². The number of urea groups is 1. The highest BCUT2D eigenvalue weighted by Crippen LogP contribution is 2.24. The zero-order valence-corrected chi connectivity index (χ0v) is 15.5. The summed E-state index contributed by atoms with van der Waals surface area (Å²) in [6.45, 7) is 0.324. The number of benzene rings is 3. The molecule has 27 heavy (non-hydrogen) atoms. The van der Waals surface area contributed by atoms with Crippen LogP contribution in [-0.4, -0.2) is 26.7 Å². The lowest BCUT2D eigenvalue weighted by Gasteiger charge is -2.08. The predicted octanol–water partition coefficient (Wildman–Crippen LogP) is 2.59. The molecule has 6 nitrogen and oxygen atoms in total. The highest BCUT2D eigenvalue weighted by Gasteiger charge is 2.05. The Labute approximate surface area is 158 Å². The van der Waals surface area contributed by atoms with Crippen LogP contribution >= 0.6 is 0 Å². The van der Waals surface area contributed by atoms with Gasteiger partial charge in [-0.1, -0.05) is 60.7 Å². The average molecular weight is 383 g/mol. The molecule has 0 bridgehead atoms. The van der Waals surface area contributed by atoms with Crippen molar-refractivity contribution in [1.82, 2.24) is 10.6 Å². The Morgan fingerprint density at radius 1 is 0.852 bits per heavy atom. The van der Waals surface area contributed by atoms with Gasteiger partial charge in [-0.15, -0.1) is 0 Å². The number of amides is 2. The largest absolute Gasteiger partial charge is 0.337 e. The van der Waals surface area contributed by atoms with Crippen molar-refractivity contribution < 1.29 is 13.2 Å². The van der Waals surface area contributed by atoms with Crippen LogP contribution in [0.25, 0.3) is 21.9 Å². The first kappa shape index (κ1) is 18.9. The van der Waals surface area contributed by atoms with Gasteiger partial charge in [0.25, 0.3) is 0 Å². The zero-order valence-electron chi connectivity index (χ0n) is 14.7. The Balaban J connectivity index is 1.57. The summed E-state index contributed by atoms with van der Waals surface area (Å²) in [5.74, 6) is -0.291. The van der Waals surface area contributed by atoms with Crippen LogP contribution in [0.1, 0.15) is 5.56 Å². The van der Waals surface area contributed by atoms with Crippen LogP contribution in [0, 0.1) is 0 Å². The molecule has 2 amide bonds. The van der Waals surface area contributed by atoms with Crippen LogP contribution in [0.5, 0.6) is 0 Å². The van der Waals surface area contributed by atoms with E-state index in [1.807, 2.05) is 36.4 Å². The molecule has 0 saturated heterocycles. The van der Waals surface area contributed by atoms with Crippen LogP contribution in [0.2, 0.25) is 0 Å². The molecule has 3 rings (SSSR count). The summed E-state index contributed by atoms with van der Waals surface area (Å²) in [4.78, 5) is 11.7. The minimum Gasteiger partial charge on any atom is -0.337 e. The second-order valence-electron chi connectivity index (χ2n) is 6.24. The summed E-state index contributed by atoms with van der Waals surface area (Å²) < 4.78 is 21.6. The highest BCUT2D eigenvalue weighted by molar-refractivity contribution is 7.89. The molecule has 0 radical (unpaired) electrons. The molecular formula is C20H21N3O3S. The molecule has 0 fully saturated rings. The first-order chi connectivity index (χ1) is 12.9. The minimum atomic E-state index is -3.57. The Kier molecular flexibility index (Phi) is 5.73. The molecule has 140 valence electrons. The van der Waals surface area contributed by atoms with Crippen molar-refractivity contribution >= 4 is 26.8 Å². The molecule has 0 spiro atoms. The number of carbonyl (C=O) groups excluding carboxylic acids is 1. The maximum Gasteiger partial charge on any atom is 0.315 e. The van der Waals surface area contributed by atoms with Gasteiger partial charge in [0.1, 0.15) is 0 Å². The van der Waals surface area contributed by atoms with Gasteiger partial charge in [0.05, 0.1) is 5.75 Å². The van der Waals surface area contributed by atoms with Gasteiger partial charge in [0, 0.05) is 13.1 Å². The van der Waals surface area contributed by atoms with Crippen LogP contribution in [0.15, 0.2) is 66.7 Å². The molecular weight excluding hydrogens is 362 g/mol. The van der Waals surface area contributed by atoms with Gasteiger partial charge < -0.3 is 10.6 Å². The molecule has 3 aromatic rings. The van der Waals surface area contributed by atoms with Crippen LogP contribution in [-0.2, 0) is 16.6 Å². The van der Waals surface area contributed by atoms with Gasteiger partial charge in [-0.3, -0.25) is 0 Å². The lowest BCUT2D eigenvalue weighted by molar-refractivity contribution is 0.241. The van der Waals surface area contributed by atoms with E-state index in [1.54, 1.807) is 0 Å². The van der Waals surface area contributed by atoms with E-state index < -0.39 is 16.1 Å². The normalized spacial score (nSPS) is 11.3. The Morgan fingerprint density at radius 3 is 2.22 bits per heavy atom. The number of nitrogens with one attached hydrogen (secondary N) is 2. The molecule has 4 N–H and O–H groups in total. The molecule has 7 heteroatoms. The lowest BCUT2D eigenvalue weighted by Crippen LogP contribution is -2.38. The number of hydrogen-bond acceptors (Lipinski definition) is 3. The van der Waals surface area contributed by atoms with Crippen molar-refractivity contribution in [2.75, 3.05) is 12.3 Å². The third-order valence-electron chi connectivity index (χ3n) is 4.16. The second-order valence-corrected chi connectivity index (χ2v) is 7.97. The molecule has 0 aliphatic carbocycles. The van der Waals surface area contributed by atoms with E-state index in [0.29, 0.717) is 6.54 Å². The summed E-state index contributed by atoms with van der Waals surface area (Å²) in [5, 5.41) is 12.4. The minimum absolute atomic E-state index is 0.0223. The number of nitrogens with two attached hydrogens (primary N) is 1.